The van der Waals surface area contributed by atoms with Gasteiger partial charge in [0.05, 0.1) is 6.54 Å². The van der Waals surface area contributed by atoms with Crippen LogP contribution in [0.3, 0.4) is 0 Å². The summed E-state index contributed by atoms with van der Waals surface area (Å²) >= 11 is 0. The maximum absolute atomic E-state index is 12.4. The molecule has 0 heterocycles. The fourth-order valence-electron chi connectivity index (χ4n) is 0.790. The molecule has 1 rings (SSSR count). The van der Waals surface area contributed by atoms with Crippen molar-refractivity contribution in [1.82, 2.24) is 5.48 Å². The van der Waals surface area contributed by atoms with Gasteiger partial charge in [-0.15, -0.1) is 0 Å². The highest BCUT2D eigenvalue weighted by molar-refractivity contribution is 5.79. The van der Waals surface area contributed by atoms with Crippen molar-refractivity contribution in [1.29, 1.82) is 0 Å². The molecular formula is C8H9FN2O2. The molecule has 1 aromatic carbocycles. The van der Waals surface area contributed by atoms with E-state index >= 15 is 0 Å². The summed E-state index contributed by atoms with van der Waals surface area (Å²) in [7, 11) is 0. The van der Waals surface area contributed by atoms with Crippen LogP contribution in [0.2, 0.25) is 0 Å². The van der Waals surface area contributed by atoms with E-state index in [1.54, 1.807) is 0 Å². The smallest absolute Gasteiger partial charge is 0.262 e. The number of benzene rings is 1. The second-order valence-corrected chi connectivity index (χ2v) is 2.40. The van der Waals surface area contributed by atoms with Crippen molar-refractivity contribution < 1.29 is 14.4 Å². The lowest BCUT2D eigenvalue weighted by molar-refractivity contribution is -0.127. The van der Waals surface area contributed by atoms with Crippen molar-refractivity contribution in [2.24, 2.45) is 0 Å². The molecule has 5 heteroatoms. The van der Waals surface area contributed by atoms with Crippen molar-refractivity contribution >= 4 is 11.6 Å². The van der Waals surface area contributed by atoms with Gasteiger partial charge in [0.1, 0.15) is 5.82 Å². The second kappa shape index (κ2) is 4.42. The molecule has 0 aliphatic heterocycles. The average Bonchev–Trinajstić information content (AvgIpc) is 2.16. The number of carbonyl (C=O) groups excluding carboxylic acids is 1. The number of hydrogen-bond donors (Lipinski definition) is 3. The molecule has 0 saturated heterocycles. The Labute approximate surface area is 74.3 Å². The van der Waals surface area contributed by atoms with Crippen LogP contribution >= 0.6 is 0 Å². The molecule has 0 aromatic heterocycles. The van der Waals surface area contributed by atoms with Crippen molar-refractivity contribution in [3.63, 3.8) is 0 Å². The molecule has 0 bridgehead atoms. The predicted octanol–water partition coefficient (Wildman–Crippen LogP) is 0.743. The first kappa shape index (κ1) is 9.47. The molecule has 0 fully saturated rings. The lowest BCUT2D eigenvalue weighted by Gasteiger charge is -2.03. The number of carbonyl (C=O) groups is 1. The molecule has 4 nitrogen and oxygen atoms in total. The maximum atomic E-state index is 12.4. The Kier molecular flexibility index (Phi) is 3.22. The second-order valence-electron chi connectivity index (χ2n) is 2.40. The molecule has 0 unspecified atom stereocenters. The summed E-state index contributed by atoms with van der Waals surface area (Å²) in [5.74, 6) is -0.888. The Morgan fingerprint density at radius 3 is 2.54 bits per heavy atom. The fraction of sp³-hybridized carbons (Fsp3) is 0.125. The normalized spacial score (nSPS) is 9.38. The Morgan fingerprint density at radius 1 is 1.38 bits per heavy atom. The van der Waals surface area contributed by atoms with E-state index in [0.717, 1.165) is 0 Å². The van der Waals surface area contributed by atoms with Gasteiger partial charge in [-0.3, -0.25) is 10.0 Å². The summed E-state index contributed by atoms with van der Waals surface area (Å²) < 4.78 is 12.4. The van der Waals surface area contributed by atoms with Gasteiger partial charge in [0, 0.05) is 5.69 Å². The molecule has 70 valence electrons. The molecule has 3 N–H and O–H groups in total. The van der Waals surface area contributed by atoms with Crippen molar-refractivity contribution in [2.75, 3.05) is 11.9 Å². The van der Waals surface area contributed by atoms with E-state index in [2.05, 4.69) is 5.32 Å². The first-order valence-corrected chi connectivity index (χ1v) is 3.65. The number of halogens is 1. The van der Waals surface area contributed by atoms with Gasteiger partial charge in [-0.2, -0.15) is 0 Å². The zero-order chi connectivity index (χ0) is 9.68. The van der Waals surface area contributed by atoms with Crippen LogP contribution in [0.15, 0.2) is 24.3 Å². The summed E-state index contributed by atoms with van der Waals surface area (Å²) in [6.07, 6.45) is 0. The quantitative estimate of drug-likeness (QED) is 0.479. The van der Waals surface area contributed by atoms with Crippen LogP contribution in [0.4, 0.5) is 10.1 Å². The number of anilines is 1. The van der Waals surface area contributed by atoms with E-state index in [4.69, 9.17) is 5.21 Å². The summed E-state index contributed by atoms with van der Waals surface area (Å²) in [6, 6.07) is 5.55. The van der Waals surface area contributed by atoms with Crippen LogP contribution in [-0.2, 0) is 4.79 Å². The lowest BCUT2D eigenvalue weighted by Crippen LogP contribution is -2.26. The minimum absolute atomic E-state index is 0.0534. The Hall–Kier alpha value is -1.62. The Bertz CT molecular complexity index is 287. The van der Waals surface area contributed by atoms with Crippen LogP contribution in [0.5, 0.6) is 0 Å². The van der Waals surface area contributed by atoms with E-state index < -0.39 is 5.91 Å². The molecule has 1 aromatic rings. The minimum atomic E-state index is -0.552. The highest BCUT2D eigenvalue weighted by Crippen LogP contribution is 2.07. The summed E-state index contributed by atoms with van der Waals surface area (Å²) in [6.45, 7) is -0.0534. The number of amides is 1. The van der Waals surface area contributed by atoms with Gasteiger partial charge in [-0.05, 0) is 24.3 Å². The average molecular weight is 184 g/mol. The largest absolute Gasteiger partial charge is 0.376 e. The first-order chi connectivity index (χ1) is 6.22. The molecule has 0 spiro atoms. The highest BCUT2D eigenvalue weighted by atomic mass is 19.1. The van der Waals surface area contributed by atoms with Crippen molar-refractivity contribution in [2.45, 2.75) is 0 Å². The molecular weight excluding hydrogens is 175 g/mol. The standard InChI is InChI=1S/C8H9FN2O2/c9-6-1-3-7(4-2-6)10-5-8(12)11-13/h1-4,10,13H,5H2,(H,11,12). The van der Waals surface area contributed by atoms with Gasteiger partial charge >= 0.3 is 0 Å². The maximum Gasteiger partial charge on any atom is 0.262 e. The lowest BCUT2D eigenvalue weighted by atomic mass is 10.3. The zero-order valence-corrected chi connectivity index (χ0v) is 6.75. The minimum Gasteiger partial charge on any atom is -0.376 e. The molecule has 0 aliphatic carbocycles. The molecule has 0 saturated carbocycles. The van der Waals surface area contributed by atoms with Crippen LogP contribution in [-0.4, -0.2) is 17.7 Å². The number of nitrogens with one attached hydrogen (secondary N) is 2. The van der Waals surface area contributed by atoms with Gasteiger partial charge in [0.15, 0.2) is 0 Å². The van der Waals surface area contributed by atoms with E-state index in [1.807, 2.05) is 0 Å². The SMILES string of the molecule is O=C(CNc1ccc(F)cc1)NO. The van der Waals surface area contributed by atoms with Gasteiger partial charge in [0.2, 0.25) is 0 Å². The molecule has 13 heavy (non-hydrogen) atoms. The topological polar surface area (TPSA) is 61.4 Å². The molecule has 1 amide bonds. The Morgan fingerprint density at radius 2 is 2.00 bits per heavy atom. The van der Waals surface area contributed by atoms with Gasteiger partial charge < -0.3 is 5.32 Å². The summed E-state index contributed by atoms with van der Waals surface area (Å²) in [5, 5.41) is 10.8. The number of hydroxylamine groups is 1. The van der Waals surface area contributed by atoms with Crippen LogP contribution < -0.4 is 10.8 Å². The van der Waals surface area contributed by atoms with Crippen LogP contribution in [0.25, 0.3) is 0 Å². The van der Waals surface area contributed by atoms with E-state index in [9.17, 15) is 9.18 Å². The molecule has 0 radical (unpaired) electrons. The predicted molar refractivity (Wildman–Crippen MR) is 44.8 cm³/mol. The van der Waals surface area contributed by atoms with Gasteiger partial charge in [-0.1, -0.05) is 0 Å². The van der Waals surface area contributed by atoms with Crippen molar-refractivity contribution in [3.8, 4) is 0 Å². The molecule has 0 atom stereocenters. The fourth-order valence-corrected chi connectivity index (χ4v) is 0.790. The van der Waals surface area contributed by atoms with Gasteiger partial charge in [0.25, 0.3) is 5.91 Å². The summed E-state index contributed by atoms with van der Waals surface area (Å²) in [4.78, 5) is 10.6. The van der Waals surface area contributed by atoms with E-state index in [1.165, 1.54) is 29.7 Å². The van der Waals surface area contributed by atoms with E-state index in [-0.39, 0.29) is 12.4 Å². The van der Waals surface area contributed by atoms with Gasteiger partial charge in [-0.25, -0.2) is 9.87 Å². The third kappa shape index (κ3) is 3.08. The monoisotopic (exact) mass is 184 g/mol. The van der Waals surface area contributed by atoms with Crippen LogP contribution in [0, 0.1) is 5.82 Å². The first-order valence-electron chi connectivity index (χ1n) is 3.65. The van der Waals surface area contributed by atoms with Crippen LogP contribution in [0.1, 0.15) is 0 Å². The molecule has 0 aliphatic rings. The third-order valence-electron chi connectivity index (χ3n) is 1.42. The third-order valence-corrected chi connectivity index (χ3v) is 1.42. The highest BCUT2D eigenvalue weighted by Gasteiger charge is 1.97. The number of hydrogen-bond acceptors (Lipinski definition) is 3. The van der Waals surface area contributed by atoms with E-state index in [0.29, 0.717) is 5.69 Å². The number of rotatable bonds is 3. The zero-order valence-electron chi connectivity index (χ0n) is 6.75. The Balaban J connectivity index is 2.46. The van der Waals surface area contributed by atoms with Crippen molar-refractivity contribution in [3.05, 3.63) is 30.1 Å². The summed E-state index contributed by atoms with van der Waals surface area (Å²) in [5.41, 5.74) is 2.09.